The Morgan fingerprint density at radius 2 is 0.519 bits per heavy atom. The molecule has 0 aromatic carbocycles. The van der Waals surface area contributed by atoms with Crippen molar-refractivity contribution >= 4 is 17.9 Å². The monoisotopic (exact) mass is 1120 g/mol. The molecule has 0 N–H and O–H groups in total. The first-order chi connectivity index (χ1) is 40.0. The summed E-state index contributed by atoms with van der Waals surface area (Å²) in [6.45, 7) is 6.25. The number of esters is 3. The average molecular weight is 1120 g/mol. The number of hydrogen-bond acceptors (Lipinski definition) is 6. The molecule has 0 aromatic rings. The molecule has 0 bridgehead atoms. The van der Waals surface area contributed by atoms with Crippen molar-refractivity contribution in [2.75, 3.05) is 13.2 Å². The molecule has 0 aliphatic heterocycles. The van der Waals surface area contributed by atoms with Gasteiger partial charge < -0.3 is 14.2 Å². The van der Waals surface area contributed by atoms with Crippen LogP contribution in [-0.2, 0) is 28.6 Å². The Morgan fingerprint density at radius 1 is 0.272 bits per heavy atom. The van der Waals surface area contributed by atoms with Crippen molar-refractivity contribution in [2.45, 2.75) is 284 Å². The predicted molar refractivity (Wildman–Crippen MR) is 352 cm³/mol. The molecule has 0 fully saturated rings. The fourth-order valence-electron chi connectivity index (χ4n) is 8.68. The lowest BCUT2D eigenvalue weighted by atomic mass is 10.0. The summed E-state index contributed by atoms with van der Waals surface area (Å²) in [5, 5.41) is 0. The predicted octanol–water partition coefficient (Wildman–Crippen LogP) is 22.9. The fraction of sp³-hybridized carbons (Fsp3) is 0.613. The standard InChI is InChI=1S/C75H120O6/c1-4-7-10-13-16-19-22-25-27-28-29-30-31-32-33-34-35-36-37-38-39-40-41-42-43-44-45-46-48-50-53-56-59-62-65-68-74(77)80-71-72(70-79-73(76)67-64-61-58-55-52-49-24-21-18-15-12-9-6-3)81-75(78)69-66-63-60-57-54-51-47-26-23-20-17-14-11-8-5-2/h7-8,10-12,15-17,19-21,24-27,29-30,32-33,35-36,47,54,57,63,66,72H,4-6,9,13-14,18,22-23,28,31,34,37-46,48-53,55-56,58-62,64-65,67-71H2,1-3H3/b10-7-,11-8-,15-12-,19-16-,20-17-,24-21-,27-25-,30-29-,33-32-,36-35-,47-26-,57-54-,66-63-. The number of unbranched alkanes of at least 4 members (excludes halogenated alkanes) is 22. The highest BCUT2D eigenvalue weighted by Gasteiger charge is 2.19. The Kier molecular flexibility index (Phi) is 63.4. The maximum absolute atomic E-state index is 12.8. The van der Waals surface area contributed by atoms with Crippen LogP contribution in [-0.4, -0.2) is 37.2 Å². The van der Waals surface area contributed by atoms with Gasteiger partial charge >= 0.3 is 17.9 Å². The fourth-order valence-corrected chi connectivity index (χ4v) is 8.68. The molecule has 0 amide bonds. The molecular formula is C75H120O6. The van der Waals surface area contributed by atoms with Gasteiger partial charge in [-0.2, -0.15) is 0 Å². The first kappa shape index (κ1) is 76.0. The Balaban J connectivity index is 4.22. The van der Waals surface area contributed by atoms with Gasteiger partial charge in [0.2, 0.25) is 0 Å². The molecule has 0 aliphatic carbocycles. The van der Waals surface area contributed by atoms with Crippen LogP contribution in [0.15, 0.2) is 158 Å². The number of carbonyl (C=O) groups is 3. The van der Waals surface area contributed by atoms with Crippen molar-refractivity contribution in [3.8, 4) is 0 Å². The minimum Gasteiger partial charge on any atom is -0.462 e. The third kappa shape index (κ3) is 65.7. The van der Waals surface area contributed by atoms with Gasteiger partial charge in [-0.15, -0.1) is 0 Å². The molecule has 6 nitrogen and oxygen atoms in total. The Bertz CT molecular complexity index is 1810. The van der Waals surface area contributed by atoms with E-state index in [1.54, 1.807) is 6.08 Å². The molecule has 0 radical (unpaired) electrons. The van der Waals surface area contributed by atoms with Gasteiger partial charge in [-0.25, -0.2) is 0 Å². The summed E-state index contributed by atoms with van der Waals surface area (Å²) < 4.78 is 16.8. The Labute approximate surface area is 499 Å². The summed E-state index contributed by atoms with van der Waals surface area (Å²) >= 11 is 0. The zero-order valence-corrected chi connectivity index (χ0v) is 52.2. The van der Waals surface area contributed by atoms with E-state index in [0.717, 1.165) is 135 Å². The highest BCUT2D eigenvalue weighted by molar-refractivity contribution is 5.72. The van der Waals surface area contributed by atoms with E-state index in [4.69, 9.17) is 14.2 Å². The van der Waals surface area contributed by atoms with Gasteiger partial charge in [0, 0.05) is 12.8 Å². The van der Waals surface area contributed by atoms with Gasteiger partial charge in [0.25, 0.3) is 0 Å². The highest BCUT2D eigenvalue weighted by Crippen LogP contribution is 2.16. The summed E-state index contributed by atoms with van der Waals surface area (Å²) in [4.78, 5) is 38.2. The van der Waals surface area contributed by atoms with Crippen molar-refractivity contribution in [3.63, 3.8) is 0 Å². The molecule has 1 unspecified atom stereocenters. The van der Waals surface area contributed by atoms with Crippen molar-refractivity contribution in [3.05, 3.63) is 158 Å². The molecule has 0 saturated carbocycles. The van der Waals surface area contributed by atoms with Crippen LogP contribution in [0, 0.1) is 0 Å². The van der Waals surface area contributed by atoms with E-state index in [2.05, 4.69) is 167 Å². The van der Waals surface area contributed by atoms with Crippen molar-refractivity contribution in [2.24, 2.45) is 0 Å². The van der Waals surface area contributed by atoms with Crippen LogP contribution in [0.1, 0.15) is 278 Å². The molecule has 0 aliphatic rings. The first-order valence-corrected chi connectivity index (χ1v) is 33.0. The molecular weight excluding hydrogens is 997 g/mol. The third-order valence-corrected chi connectivity index (χ3v) is 13.5. The van der Waals surface area contributed by atoms with Gasteiger partial charge in [0.1, 0.15) is 13.2 Å². The second-order valence-corrected chi connectivity index (χ2v) is 21.3. The lowest BCUT2D eigenvalue weighted by Crippen LogP contribution is -2.30. The molecule has 0 rings (SSSR count). The topological polar surface area (TPSA) is 78.9 Å². The SMILES string of the molecule is CC/C=C\C/C=C\C/C=C\C/C=C\C/C=C\C/C=C\CCCCCCCCCCCCCCCCCCC(=O)OCC(COC(=O)CCCCCCC/C=C\C/C=C\CCC)OC(=O)C/C=C\C/C=C\C/C=C\C/C=C\C/C=C\CC. The van der Waals surface area contributed by atoms with E-state index in [1.807, 2.05) is 6.08 Å². The largest absolute Gasteiger partial charge is 0.462 e. The Hall–Kier alpha value is -4.97. The summed E-state index contributed by atoms with van der Waals surface area (Å²) in [5.74, 6) is -1.07. The van der Waals surface area contributed by atoms with Crippen LogP contribution in [0.3, 0.4) is 0 Å². The van der Waals surface area contributed by atoms with E-state index >= 15 is 0 Å². The van der Waals surface area contributed by atoms with E-state index in [9.17, 15) is 14.4 Å². The van der Waals surface area contributed by atoms with Gasteiger partial charge in [-0.3, -0.25) is 14.4 Å². The van der Waals surface area contributed by atoms with E-state index in [1.165, 1.54) is 96.3 Å². The molecule has 0 spiro atoms. The minimum atomic E-state index is -0.844. The second-order valence-electron chi connectivity index (χ2n) is 21.3. The average Bonchev–Trinajstić information content (AvgIpc) is 3.46. The number of allylic oxidation sites excluding steroid dienone is 25. The van der Waals surface area contributed by atoms with Gasteiger partial charge in [-0.1, -0.05) is 294 Å². The summed E-state index contributed by atoms with van der Waals surface area (Å²) in [6, 6.07) is 0. The molecule has 456 valence electrons. The molecule has 1 atom stereocenters. The lowest BCUT2D eigenvalue weighted by molar-refractivity contribution is -0.166. The summed E-state index contributed by atoms with van der Waals surface area (Å²) in [6.07, 6.45) is 98.7. The van der Waals surface area contributed by atoms with E-state index in [0.29, 0.717) is 19.3 Å². The van der Waals surface area contributed by atoms with Crippen LogP contribution in [0.2, 0.25) is 0 Å². The molecule has 0 heterocycles. The number of rotatable bonds is 58. The smallest absolute Gasteiger partial charge is 0.310 e. The van der Waals surface area contributed by atoms with Crippen molar-refractivity contribution in [1.29, 1.82) is 0 Å². The second kappa shape index (κ2) is 67.5. The van der Waals surface area contributed by atoms with E-state index in [-0.39, 0.29) is 31.6 Å². The summed E-state index contributed by atoms with van der Waals surface area (Å²) in [7, 11) is 0. The van der Waals surface area contributed by atoms with Gasteiger partial charge in [0.15, 0.2) is 6.10 Å². The highest BCUT2D eigenvalue weighted by atomic mass is 16.6. The maximum Gasteiger partial charge on any atom is 0.310 e. The molecule has 6 heteroatoms. The van der Waals surface area contributed by atoms with Crippen LogP contribution in [0.25, 0.3) is 0 Å². The lowest BCUT2D eigenvalue weighted by Gasteiger charge is -2.18. The molecule has 0 saturated heterocycles. The normalized spacial score (nSPS) is 13.2. The Morgan fingerprint density at radius 3 is 0.815 bits per heavy atom. The van der Waals surface area contributed by atoms with Crippen LogP contribution >= 0.6 is 0 Å². The maximum atomic E-state index is 12.8. The summed E-state index contributed by atoms with van der Waals surface area (Å²) in [5.41, 5.74) is 0. The van der Waals surface area contributed by atoms with Crippen LogP contribution in [0.5, 0.6) is 0 Å². The third-order valence-electron chi connectivity index (χ3n) is 13.5. The van der Waals surface area contributed by atoms with Crippen LogP contribution < -0.4 is 0 Å². The number of carbonyl (C=O) groups excluding carboxylic acids is 3. The zero-order chi connectivity index (χ0) is 58.5. The van der Waals surface area contributed by atoms with Gasteiger partial charge in [0.05, 0.1) is 6.42 Å². The zero-order valence-electron chi connectivity index (χ0n) is 52.2. The quantitative estimate of drug-likeness (QED) is 0.0261. The van der Waals surface area contributed by atoms with Crippen LogP contribution in [0.4, 0.5) is 0 Å². The van der Waals surface area contributed by atoms with Gasteiger partial charge in [-0.05, 0) is 122 Å². The number of ether oxygens (including phenoxy) is 3. The first-order valence-electron chi connectivity index (χ1n) is 33.0. The molecule has 0 aromatic heterocycles. The van der Waals surface area contributed by atoms with E-state index < -0.39 is 12.1 Å². The number of hydrogen-bond donors (Lipinski definition) is 0. The minimum absolute atomic E-state index is 0.0891. The van der Waals surface area contributed by atoms with Crippen molar-refractivity contribution < 1.29 is 28.6 Å². The molecule has 81 heavy (non-hydrogen) atoms. The van der Waals surface area contributed by atoms with Crippen molar-refractivity contribution in [1.82, 2.24) is 0 Å².